The summed E-state index contributed by atoms with van der Waals surface area (Å²) in [5.74, 6) is -0.387. The molecule has 0 radical (unpaired) electrons. The first-order chi connectivity index (χ1) is 7.68. The molecule has 4 nitrogen and oxygen atoms in total. The van der Waals surface area contributed by atoms with E-state index in [0.717, 1.165) is 0 Å². The zero-order valence-corrected chi connectivity index (χ0v) is 11.3. The lowest BCUT2D eigenvalue weighted by Gasteiger charge is -2.25. The van der Waals surface area contributed by atoms with Crippen LogP contribution < -0.4 is 0 Å². The zero-order valence-electron chi connectivity index (χ0n) is 11.3. The molecule has 1 aliphatic heterocycles. The Labute approximate surface area is 103 Å². The van der Waals surface area contributed by atoms with Crippen molar-refractivity contribution in [2.24, 2.45) is 5.92 Å². The van der Waals surface area contributed by atoms with E-state index >= 15 is 0 Å². The van der Waals surface area contributed by atoms with Gasteiger partial charge in [-0.25, -0.2) is 0 Å². The van der Waals surface area contributed by atoms with Gasteiger partial charge < -0.3 is 14.2 Å². The van der Waals surface area contributed by atoms with Crippen molar-refractivity contribution >= 4 is 5.78 Å². The highest BCUT2D eigenvalue weighted by Gasteiger charge is 2.53. The van der Waals surface area contributed by atoms with Crippen molar-refractivity contribution in [2.75, 3.05) is 6.61 Å². The van der Waals surface area contributed by atoms with Crippen LogP contribution in [0.1, 0.15) is 41.0 Å². The van der Waals surface area contributed by atoms with Gasteiger partial charge in [0.15, 0.2) is 11.6 Å². The third kappa shape index (κ3) is 2.87. The second kappa shape index (κ2) is 4.04. The molecular formula is C13H22O4. The number of ketones is 1. The summed E-state index contributed by atoms with van der Waals surface area (Å²) in [5.41, 5.74) is -0.184. The number of carbonyl (C=O) groups is 1. The summed E-state index contributed by atoms with van der Waals surface area (Å²) >= 11 is 0. The van der Waals surface area contributed by atoms with Crippen molar-refractivity contribution in [3.05, 3.63) is 0 Å². The number of Topliss-reactive ketones (excluding diaryl/α,β-unsaturated/α-hetero) is 1. The van der Waals surface area contributed by atoms with Crippen LogP contribution >= 0.6 is 0 Å². The summed E-state index contributed by atoms with van der Waals surface area (Å²) in [6.45, 7) is 10.3. The van der Waals surface area contributed by atoms with Gasteiger partial charge >= 0.3 is 0 Å². The standard InChI is InChI=1S/C13H22O4/c1-12(2,3)15-7-8-6-9(14)11-10(8)16-13(4,5)17-11/h8,10-11H,6-7H2,1-5H3/t8-,10-,11+/m1/s1. The Balaban J connectivity index is 1.99. The van der Waals surface area contributed by atoms with Gasteiger partial charge in [-0.1, -0.05) is 0 Å². The van der Waals surface area contributed by atoms with Crippen LogP contribution in [0.25, 0.3) is 0 Å². The minimum absolute atomic E-state index is 0.119. The highest BCUT2D eigenvalue weighted by Crippen LogP contribution is 2.40. The van der Waals surface area contributed by atoms with E-state index in [4.69, 9.17) is 14.2 Å². The zero-order chi connectivity index (χ0) is 12.8. The molecule has 1 heterocycles. The van der Waals surface area contributed by atoms with Crippen molar-refractivity contribution in [3.8, 4) is 0 Å². The second-order valence-corrected chi connectivity index (χ2v) is 6.37. The maximum atomic E-state index is 11.8. The van der Waals surface area contributed by atoms with Crippen LogP contribution in [0.3, 0.4) is 0 Å². The van der Waals surface area contributed by atoms with E-state index in [1.54, 1.807) is 0 Å². The molecule has 3 atom stereocenters. The molecule has 0 N–H and O–H groups in total. The quantitative estimate of drug-likeness (QED) is 0.742. The van der Waals surface area contributed by atoms with E-state index in [2.05, 4.69) is 0 Å². The van der Waals surface area contributed by atoms with Gasteiger partial charge in [-0.15, -0.1) is 0 Å². The molecule has 2 rings (SSSR count). The van der Waals surface area contributed by atoms with Crippen LogP contribution in [0.2, 0.25) is 0 Å². The van der Waals surface area contributed by atoms with Crippen molar-refractivity contribution in [2.45, 2.75) is 64.6 Å². The minimum atomic E-state index is -0.647. The Hall–Kier alpha value is -0.450. The Morgan fingerprint density at radius 3 is 2.59 bits per heavy atom. The van der Waals surface area contributed by atoms with Crippen molar-refractivity contribution < 1.29 is 19.0 Å². The first kappa shape index (κ1) is 13.0. The molecule has 0 spiro atoms. The number of hydrogen-bond donors (Lipinski definition) is 0. The molecule has 2 aliphatic rings. The molecule has 1 saturated heterocycles. The van der Waals surface area contributed by atoms with Crippen molar-refractivity contribution in [1.29, 1.82) is 0 Å². The molecule has 0 aromatic carbocycles. The van der Waals surface area contributed by atoms with Gasteiger partial charge in [0.05, 0.1) is 18.3 Å². The summed E-state index contributed by atoms with van der Waals surface area (Å²) in [4.78, 5) is 11.8. The first-order valence-corrected chi connectivity index (χ1v) is 6.20. The molecular weight excluding hydrogens is 220 g/mol. The molecule has 0 unspecified atom stereocenters. The summed E-state index contributed by atoms with van der Waals surface area (Å²) in [6, 6.07) is 0. The SMILES string of the molecule is CC(C)(C)OC[C@H]1CC(=O)[C@@H]2OC(C)(C)O[C@H]12. The molecule has 1 aliphatic carbocycles. The van der Waals surface area contributed by atoms with Crippen LogP contribution in [-0.4, -0.2) is 36.0 Å². The van der Waals surface area contributed by atoms with Crippen LogP contribution in [0, 0.1) is 5.92 Å². The van der Waals surface area contributed by atoms with Gasteiger partial charge in [0, 0.05) is 12.3 Å². The monoisotopic (exact) mass is 242 g/mol. The van der Waals surface area contributed by atoms with Gasteiger partial charge in [0.25, 0.3) is 0 Å². The van der Waals surface area contributed by atoms with Gasteiger partial charge in [0.1, 0.15) is 6.10 Å². The smallest absolute Gasteiger partial charge is 0.164 e. The highest BCUT2D eigenvalue weighted by molar-refractivity contribution is 5.86. The van der Waals surface area contributed by atoms with Crippen LogP contribution in [0.4, 0.5) is 0 Å². The molecule has 17 heavy (non-hydrogen) atoms. The number of fused-ring (bicyclic) bond motifs is 1. The lowest BCUT2D eigenvalue weighted by atomic mass is 10.1. The highest BCUT2D eigenvalue weighted by atomic mass is 16.8. The van der Waals surface area contributed by atoms with Crippen molar-refractivity contribution in [3.63, 3.8) is 0 Å². The molecule has 0 aromatic rings. The molecule has 0 amide bonds. The normalized spacial score (nSPS) is 36.3. The van der Waals surface area contributed by atoms with Crippen LogP contribution in [-0.2, 0) is 19.0 Å². The third-order valence-corrected chi connectivity index (χ3v) is 3.10. The summed E-state index contributed by atoms with van der Waals surface area (Å²) in [6.07, 6.45) is -0.0278. The largest absolute Gasteiger partial charge is 0.375 e. The summed E-state index contributed by atoms with van der Waals surface area (Å²) in [5, 5.41) is 0. The number of carbonyl (C=O) groups excluding carboxylic acids is 1. The molecule has 4 heteroatoms. The molecule has 98 valence electrons. The molecule has 2 fully saturated rings. The second-order valence-electron chi connectivity index (χ2n) is 6.37. The van der Waals surface area contributed by atoms with Gasteiger partial charge in [0.2, 0.25) is 0 Å². The predicted octanol–water partition coefficient (Wildman–Crippen LogP) is 1.91. The number of ether oxygens (including phenoxy) is 3. The van der Waals surface area contributed by atoms with E-state index in [1.807, 2.05) is 34.6 Å². The van der Waals surface area contributed by atoms with Gasteiger partial charge in [-0.2, -0.15) is 0 Å². The van der Waals surface area contributed by atoms with E-state index in [0.29, 0.717) is 13.0 Å². The molecule has 0 aromatic heterocycles. The number of hydrogen-bond acceptors (Lipinski definition) is 4. The predicted molar refractivity (Wildman–Crippen MR) is 62.6 cm³/mol. The Morgan fingerprint density at radius 1 is 1.35 bits per heavy atom. The maximum absolute atomic E-state index is 11.8. The fraction of sp³-hybridized carbons (Fsp3) is 0.923. The Kier molecular flexibility index (Phi) is 3.09. The third-order valence-electron chi connectivity index (χ3n) is 3.10. The maximum Gasteiger partial charge on any atom is 0.164 e. The van der Waals surface area contributed by atoms with Gasteiger partial charge in [-0.05, 0) is 34.6 Å². The average Bonchev–Trinajstić information content (AvgIpc) is 2.58. The fourth-order valence-electron chi connectivity index (χ4n) is 2.38. The minimum Gasteiger partial charge on any atom is -0.375 e. The summed E-state index contributed by atoms with van der Waals surface area (Å²) in [7, 11) is 0. The molecule has 1 saturated carbocycles. The average molecular weight is 242 g/mol. The number of rotatable bonds is 2. The van der Waals surface area contributed by atoms with Crippen LogP contribution in [0.15, 0.2) is 0 Å². The Bertz CT molecular complexity index is 316. The Morgan fingerprint density at radius 2 is 2.00 bits per heavy atom. The topological polar surface area (TPSA) is 44.8 Å². The first-order valence-electron chi connectivity index (χ1n) is 6.20. The van der Waals surface area contributed by atoms with Crippen LogP contribution in [0.5, 0.6) is 0 Å². The van der Waals surface area contributed by atoms with Gasteiger partial charge in [-0.3, -0.25) is 4.79 Å². The van der Waals surface area contributed by atoms with E-state index in [-0.39, 0.29) is 23.4 Å². The van der Waals surface area contributed by atoms with E-state index in [1.165, 1.54) is 0 Å². The summed E-state index contributed by atoms with van der Waals surface area (Å²) < 4.78 is 17.2. The lowest BCUT2D eigenvalue weighted by Crippen LogP contribution is -2.31. The van der Waals surface area contributed by atoms with E-state index in [9.17, 15) is 4.79 Å². The fourth-order valence-corrected chi connectivity index (χ4v) is 2.38. The lowest BCUT2D eigenvalue weighted by molar-refractivity contribution is -0.166. The van der Waals surface area contributed by atoms with Crippen molar-refractivity contribution in [1.82, 2.24) is 0 Å². The van der Waals surface area contributed by atoms with E-state index < -0.39 is 11.9 Å². The molecule has 0 bridgehead atoms.